The van der Waals surface area contributed by atoms with Gasteiger partial charge in [0.1, 0.15) is 18.4 Å². The molecular formula is C19H32N4O. The van der Waals surface area contributed by atoms with Crippen LogP contribution in [0.4, 0.5) is 0 Å². The van der Waals surface area contributed by atoms with E-state index >= 15 is 0 Å². The first kappa shape index (κ1) is 18.7. The van der Waals surface area contributed by atoms with E-state index < -0.39 is 0 Å². The highest BCUT2D eigenvalue weighted by Crippen LogP contribution is 2.38. The van der Waals surface area contributed by atoms with Gasteiger partial charge in [-0.3, -0.25) is 0 Å². The van der Waals surface area contributed by atoms with Gasteiger partial charge in [-0.15, -0.1) is 10.2 Å². The average Bonchev–Trinajstić information content (AvgIpc) is 3.13. The molecule has 0 amide bonds. The molecule has 24 heavy (non-hydrogen) atoms. The highest BCUT2D eigenvalue weighted by atomic mass is 16.5. The highest BCUT2D eigenvalue weighted by molar-refractivity contribution is 5.29. The third-order valence-electron chi connectivity index (χ3n) is 4.97. The normalized spacial score (nSPS) is 13.5. The minimum atomic E-state index is -0.0483. The Balaban J connectivity index is 2.20. The van der Waals surface area contributed by atoms with Crippen LogP contribution in [0.2, 0.25) is 0 Å². The van der Waals surface area contributed by atoms with Crippen molar-refractivity contribution in [3.63, 3.8) is 0 Å². The lowest BCUT2D eigenvalue weighted by Gasteiger charge is -2.33. The summed E-state index contributed by atoms with van der Waals surface area (Å²) in [7, 11) is 0. The molecule has 0 bridgehead atoms. The first-order valence-corrected chi connectivity index (χ1v) is 8.84. The Bertz CT molecular complexity index is 674. The maximum absolute atomic E-state index is 5.32. The Morgan fingerprint density at radius 3 is 2.29 bits per heavy atom. The van der Waals surface area contributed by atoms with Crippen LogP contribution in [-0.2, 0) is 22.8 Å². The second-order valence-corrected chi connectivity index (χ2v) is 8.99. The molecule has 0 saturated carbocycles. The molecule has 0 aliphatic rings. The predicted octanol–water partition coefficient (Wildman–Crippen LogP) is 4.62. The number of aryl methyl sites for hydroxylation is 1. The van der Waals surface area contributed by atoms with Crippen molar-refractivity contribution in [1.29, 1.82) is 0 Å². The number of nitrogens with zero attached hydrogens (tertiary/aromatic N) is 4. The molecule has 2 aromatic heterocycles. The molecule has 0 saturated heterocycles. The van der Waals surface area contributed by atoms with E-state index in [2.05, 4.69) is 75.3 Å². The SMILES string of the molecule is CCc1nncn1C(C)(C)CCC(C)(C)c1nocc1C(C)(C)C. The Morgan fingerprint density at radius 2 is 1.71 bits per heavy atom. The van der Waals surface area contributed by atoms with Crippen LogP contribution in [0.25, 0.3) is 0 Å². The van der Waals surface area contributed by atoms with Crippen molar-refractivity contribution in [2.45, 2.75) is 91.0 Å². The largest absolute Gasteiger partial charge is 0.364 e. The first-order chi connectivity index (χ1) is 11.0. The average molecular weight is 332 g/mol. The smallest absolute Gasteiger partial charge is 0.133 e. The molecule has 0 aromatic carbocycles. The molecule has 0 unspecified atom stereocenters. The molecule has 0 aliphatic carbocycles. The van der Waals surface area contributed by atoms with Crippen LogP contribution >= 0.6 is 0 Å². The van der Waals surface area contributed by atoms with Crippen molar-refractivity contribution in [2.75, 3.05) is 0 Å². The van der Waals surface area contributed by atoms with E-state index in [4.69, 9.17) is 4.52 Å². The monoisotopic (exact) mass is 332 g/mol. The van der Waals surface area contributed by atoms with Crippen LogP contribution in [0.5, 0.6) is 0 Å². The van der Waals surface area contributed by atoms with Gasteiger partial charge < -0.3 is 9.09 Å². The Kier molecular flexibility index (Phi) is 4.93. The number of aromatic nitrogens is 4. The van der Waals surface area contributed by atoms with Crippen molar-refractivity contribution in [3.05, 3.63) is 29.7 Å². The summed E-state index contributed by atoms with van der Waals surface area (Å²) in [6.07, 6.45) is 6.57. The minimum Gasteiger partial charge on any atom is -0.364 e. The second kappa shape index (κ2) is 6.34. The quantitative estimate of drug-likeness (QED) is 0.774. The zero-order chi connectivity index (χ0) is 18.2. The predicted molar refractivity (Wildman–Crippen MR) is 96.2 cm³/mol. The summed E-state index contributed by atoms with van der Waals surface area (Å²) in [6, 6.07) is 0. The molecule has 2 aromatic rings. The fourth-order valence-electron chi connectivity index (χ4n) is 3.12. The van der Waals surface area contributed by atoms with Crippen molar-refractivity contribution in [3.8, 4) is 0 Å². The van der Waals surface area contributed by atoms with E-state index in [0.29, 0.717) is 0 Å². The van der Waals surface area contributed by atoms with Crippen molar-refractivity contribution >= 4 is 0 Å². The molecule has 0 radical (unpaired) electrons. The maximum Gasteiger partial charge on any atom is 0.133 e. The molecule has 0 spiro atoms. The van der Waals surface area contributed by atoms with E-state index in [-0.39, 0.29) is 16.4 Å². The van der Waals surface area contributed by atoms with Gasteiger partial charge in [-0.05, 0) is 32.1 Å². The molecule has 0 fully saturated rings. The van der Waals surface area contributed by atoms with Gasteiger partial charge in [0.2, 0.25) is 0 Å². The van der Waals surface area contributed by atoms with Crippen LogP contribution in [0.15, 0.2) is 17.1 Å². The maximum atomic E-state index is 5.32. The Hall–Kier alpha value is -1.65. The fourth-order valence-corrected chi connectivity index (χ4v) is 3.12. The van der Waals surface area contributed by atoms with Gasteiger partial charge in [0.05, 0.1) is 5.69 Å². The zero-order valence-corrected chi connectivity index (χ0v) is 16.5. The summed E-state index contributed by atoms with van der Waals surface area (Å²) in [5.41, 5.74) is 2.23. The molecule has 0 aliphatic heterocycles. The van der Waals surface area contributed by atoms with Gasteiger partial charge in [0.25, 0.3) is 0 Å². The van der Waals surface area contributed by atoms with E-state index in [1.807, 2.05) is 6.33 Å². The molecule has 2 heterocycles. The lowest BCUT2D eigenvalue weighted by Crippen LogP contribution is -2.31. The van der Waals surface area contributed by atoms with Gasteiger partial charge in [-0.25, -0.2) is 0 Å². The van der Waals surface area contributed by atoms with Crippen LogP contribution in [0.1, 0.15) is 85.3 Å². The lowest BCUT2D eigenvalue weighted by molar-refractivity contribution is 0.269. The standard InChI is InChI=1S/C19H32N4O/c1-9-15-21-20-13-23(15)19(7,8)11-10-18(5,6)16-14(12-24-22-16)17(2,3)4/h12-13H,9-11H2,1-8H3. The zero-order valence-electron chi connectivity index (χ0n) is 16.5. The topological polar surface area (TPSA) is 56.7 Å². The van der Waals surface area contributed by atoms with Crippen LogP contribution < -0.4 is 0 Å². The van der Waals surface area contributed by atoms with E-state index in [9.17, 15) is 0 Å². The van der Waals surface area contributed by atoms with Gasteiger partial charge in [0.15, 0.2) is 0 Å². The number of rotatable bonds is 6. The van der Waals surface area contributed by atoms with E-state index in [1.165, 1.54) is 5.56 Å². The summed E-state index contributed by atoms with van der Waals surface area (Å²) in [5.74, 6) is 1.04. The first-order valence-electron chi connectivity index (χ1n) is 8.84. The van der Waals surface area contributed by atoms with Crippen molar-refractivity contribution in [2.24, 2.45) is 0 Å². The van der Waals surface area contributed by atoms with Gasteiger partial charge in [0, 0.05) is 22.9 Å². The van der Waals surface area contributed by atoms with Crippen molar-refractivity contribution < 1.29 is 4.52 Å². The molecule has 5 heteroatoms. The molecule has 134 valence electrons. The molecular weight excluding hydrogens is 300 g/mol. The van der Waals surface area contributed by atoms with E-state index in [1.54, 1.807) is 6.26 Å². The summed E-state index contributed by atoms with van der Waals surface area (Å²) < 4.78 is 7.53. The Labute approximate surface area is 145 Å². The third kappa shape index (κ3) is 3.70. The molecule has 0 atom stereocenters. The fraction of sp³-hybridized carbons (Fsp3) is 0.737. The summed E-state index contributed by atoms with van der Waals surface area (Å²) in [5, 5.41) is 12.7. The molecule has 5 nitrogen and oxygen atoms in total. The minimum absolute atomic E-state index is 0.0300. The second-order valence-electron chi connectivity index (χ2n) is 8.99. The lowest BCUT2D eigenvalue weighted by atomic mass is 9.75. The number of hydrogen-bond donors (Lipinski definition) is 0. The van der Waals surface area contributed by atoms with Crippen LogP contribution in [0, 0.1) is 0 Å². The summed E-state index contributed by atoms with van der Waals surface area (Å²) in [6.45, 7) is 17.7. The molecule has 2 rings (SSSR count). The van der Waals surface area contributed by atoms with Gasteiger partial charge >= 0.3 is 0 Å². The van der Waals surface area contributed by atoms with E-state index in [0.717, 1.165) is 30.8 Å². The third-order valence-corrected chi connectivity index (χ3v) is 4.97. The molecule has 0 N–H and O–H groups in total. The Morgan fingerprint density at radius 1 is 1.04 bits per heavy atom. The van der Waals surface area contributed by atoms with Crippen LogP contribution in [0.3, 0.4) is 0 Å². The van der Waals surface area contributed by atoms with Crippen molar-refractivity contribution in [1.82, 2.24) is 19.9 Å². The number of hydrogen-bond acceptors (Lipinski definition) is 4. The summed E-state index contributed by atoms with van der Waals surface area (Å²) in [4.78, 5) is 0. The summed E-state index contributed by atoms with van der Waals surface area (Å²) >= 11 is 0. The van der Waals surface area contributed by atoms with Crippen LogP contribution in [-0.4, -0.2) is 19.9 Å². The highest BCUT2D eigenvalue weighted by Gasteiger charge is 2.34. The van der Waals surface area contributed by atoms with Gasteiger partial charge in [-0.2, -0.15) is 0 Å². The van der Waals surface area contributed by atoms with Gasteiger partial charge in [-0.1, -0.05) is 46.7 Å².